The second-order valence-electron chi connectivity index (χ2n) is 4.93. The first-order valence-corrected chi connectivity index (χ1v) is 6.37. The third kappa shape index (κ3) is 4.11. The fourth-order valence-electron chi connectivity index (χ4n) is 1.72. The molecule has 1 fully saturated rings. The Labute approximate surface area is 107 Å². The highest BCUT2D eigenvalue weighted by Crippen LogP contribution is 2.27. The van der Waals surface area contributed by atoms with Crippen LogP contribution in [-0.2, 0) is 11.3 Å². The Morgan fingerprint density at radius 2 is 2.22 bits per heavy atom. The van der Waals surface area contributed by atoms with E-state index in [1.165, 1.54) is 18.9 Å². The van der Waals surface area contributed by atoms with E-state index in [1.54, 1.807) is 13.0 Å². The van der Waals surface area contributed by atoms with Crippen LogP contribution in [0, 0.1) is 18.7 Å². The van der Waals surface area contributed by atoms with Crippen LogP contribution in [-0.4, -0.2) is 19.0 Å². The average Bonchev–Trinajstić information content (AvgIpc) is 3.15. The minimum absolute atomic E-state index is 0.0448. The molecule has 18 heavy (non-hydrogen) atoms. The lowest BCUT2D eigenvalue weighted by Gasteiger charge is -2.07. The van der Waals surface area contributed by atoms with Gasteiger partial charge in [-0.2, -0.15) is 0 Å². The fraction of sp³-hybridized carbons (Fsp3) is 0.500. The SMILES string of the molecule is Cc1ccc(CNC(=O)CNCC2CC2)cc1F. The highest BCUT2D eigenvalue weighted by Gasteiger charge is 2.20. The van der Waals surface area contributed by atoms with Crippen molar-refractivity contribution in [1.29, 1.82) is 0 Å². The van der Waals surface area contributed by atoms with Crippen molar-refractivity contribution >= 4 is 5.91 Å². The number of benzene rings is 1. The number of aryl methyl sites for hydroxylation is 1. The molecule has 98 valence electrons. The summed E-state index contributed by atoms with van der Waals surface area (Å²) < 4.78 is 13.3. The van der Waals surface area contributed by atoms with Crippen LogP contribution in [0.2, 0.25) is 0 Å². The van der Waals surface area contributed by atoms with Crippen molar-refractivity contribution in [1.82, 2.24) is 10.6 Å². The molecule has 1 aromatic carbocycles. The number of halogens is 1. The van der Waals surface area contributed by atoms with Gasteiger partial charge in [-0.05, 0) is 49.4 Å². The van der Waals surface area contributed by atoms with Crippen molar-refractivity contribution in [3.63, 3.8) is 0 Å². The molecule has 0 unspecified atom stereocenters. The summed E-state index contributed by atoms with van der Waals surface area (Å²) in [5.41, 5.74) is 1.41. The van der Waals surface area contributed by atoms with E-state index in [0.29, 0.717) is 18.7 Å². The molecule has 1 amide bonds. The van der Waals surface area contributed by atoms with Crippen molar-refractivity contribution in [2.75, 3.05) is 13.1 Å². The summed E-state index contributed by atoms with van der Waals surface area (Å²) in [6.45, 7) is 3.36. The molecule has 1 aliphatic rings. The van der Waals surface area contributed by atoms with Gasteiger partial charge in [-0.3, -0.25) is 4.79 Å². The Bertz CT molecular complexity index is 430. The molecular weight excluding hydrogens is 231 g/mol. The third-order valence-electron chi connectivity index (χ3n) is 3.14. The van der Waals surface area contributed by atoms with Crippen LogP contribution in [0.25, 0.3) is 0 Å². The lowest BCUT2D eigenvalue weighted by Crippen LogP contribution is -2.34. The molecule has 0 spiro atoms. The minimum atomic E-state index is -0.228. The van der Waals surface area contributed by atoms with E-state index in [9.17, 15) is 9.18 Å². The van der Waals surface area contributed by atoms with Crippen molar-refractivity contribution in [3.05, 3.63) is 35.1 Å². The van der Waals surface area contributed by atoms with Gasteiger partial charge in [0.15, 0.2) is 0 Å². The number of amides is 1. The molecule has 0 radical (unpaired) electrons. The van der Waals surface area contributed by atoms with E-state index in [4.69, 9.17) is 0 Å². The molecule has 0 heterocycles. The molecule has 0 bridgehead atoms. The number of carbonyl (C=O) groups excluding carboxylic acids is 1. The van der Waals surface area contributed by atoms with Crippen LogP contribution in [0.4, 0.5) is 4.39 Å². The van der Waals surface area contributed by atoms with Crippen molar-refractivity contribution in [2.45, 2.75) is 26.3 Å². The van der Waals surface area contributed by atoms with Crippen molar-refractivity contribution < 1.29 is 9.18 Å². The summed E-state index contributed by atoms with van der Waals surface area (Å²) in [6.07, 6.45) is 2.55. The van der Waals surface area contributed by atoms with Crippen LogP contribution in [0.5, 0.6) is 0 Å². The molecule has 1 saturated carbocycles. The van der Waals surface area contributed by atoms with Gasteiger partial charge in [-0.15, -0.1) is 0 Å². The van der Waals surface area contributed by atoms with Gasteiger partial charge >= 0.3 is 0 Å². The van der Waals surface area contributed by atoms with Crippen LogP contribution in [0.3, 0.4) is 0 Å². The van der Waals surface area contributed by atoms with Gasteiger partial charge in [0.2, 0.25) is 5.91 Å². The number of nitrogens with one attached hydrogen (secondary N) is 2. The summed E-state index contributed by atoms with van der Waals surface area (Å²) in [7, 11) is 0. The zero-order valence-corrected chi connectivity index (χ0v) is 10.6. The topological polar surface area (TPSA) is 41.1 Å². The third-order valence-corrected chi connectivity index (χ3v) is 3.14. The number of rotatable bonds is 6. The van der Waals surface area contributed by atoms with Crippen LogP contribution >= 0.6 is 0 Å². The Kier molecular flexibility index (Phi) is 4.31. The summed E-state index contributed by atoms with van der Waals surface area (Å²) in [5, 5.41) is 5.89. The first-order valence-electron chi connectivity index (χ1n) is 6.37. The standard InChI is InChI=1S/C14H19FN2O/c1-10-2-3-12(6-13(10)15)8-17-14(18)9-16-7-11-4-5-11/h2-3,6,11,16H,4-5,7-9H2,1H3,(H,17,18). The molecule has 2 rings (SSSR count). The molecule has 1 aliphatic carbocycles. The maximum Gasteiger partial charge on any atom is 0.234 e. The molecule has 1 aromatic rings. The van der Waals surface area contributed by atoms with E-state index >= 15 is 0 Å². The van der Waals surface area contributed by atoms with E-state index in [-0.39, 0.29) is 11.7 Å². The summed E-state index contributed by atoms with van der Waals surface area (Å²) >= 11 is 0. The van der Waals surface area contributed by atoms with E-state index in [2.05, 4.69) is 10.6 Å². The molecule has 0 aliphatic heterocycles. The molecule has 0 atom stereocenters. The Balaban J connectivity index is 1.68. The first-order chi connectivity index (χ1) is 8.65. The summed E-state index contributed by atoms with van der Waals surface area (Å²) in [6, 6.07) is 5.02. The number of carbonyl (C=O) groups is 1. The van der Waals surface area contributed by atoms with Gasteiger partial charge in [0, 0.05) is 6.54 Å². The summed E-state index contributed by atoms with van der Waals surface area (Å²) in [4.78, 5) is 11.5. The second-order valence-corrected chi connectivity index (χ2v) is 4.93. The van der Waals surface area contributed by atoms with Crippen LogP contribution in [0.1, 0.15) is 24.0 Å². The maximum atomic E-state index is 13.3. The van der Waals surface area contributed by atoms with Gasteiger partial charge in [0.1, 0.15) is 5.82 Å². The van der Waals surface area contributed by atoms with E-state index in [0.717, 1.165) is 18.0 Å². The van der Waals surface area contributed by atoms with Gasteiger partial charge in [-0.1, -0.05) is 12.1 Å². The van der Waals surface area contributed by atoms with Gasteiger partial charge in [0.05, 0.1) is 6.54 Å². The van der Waals surface area contributed by atoms with Gasteiger partial charge in [-0.25, -0.2) is 4.39 Å². The van der Waals surface area contributed by atoms with Crippen molar-refractivity contribution in [2.24, 2.45) is 5.92 Å². The quantitative estimate of drug-likeness (QED) is 0.807. The molecule has 4 heteroatoms. The zero-order valence-electron chi connectivity index (χ0n) is 10.6. The Morgan fingerprint density at radius 1 is 1.44 bits per heavy atom. The fourth-order valence-corrected chi connectivity index (χ4v) is 1.72. The van der Waals surface area contributed by atoms with Gasteiger partial charge < -0.3 is 10.6 Å². The Morgan fingerprint density at radius 3 is 2.89 bits per heavy atom. The van der Waals surface area contributed by atoms with Gasteiger partial charge in [0.25, 0.3) is 0 Å². The van der Waals surface area contributed by atoms with E-state index in [1.807, 2.05) is 6.07 Å². The molecule has 0 saturated heterocycles. The predicted molar refractivity (Wildman–Crippen MR) is 68.6 cm³/mol. The normalized spacial score (nSPS) is 14.6. The predicted octanol–water partition coefficient (Wildman–Crippen LogP) is 1.75. The van der Waals surface area contributed by atoms with E-state index < -0.39 is 0 Å². The Hall–Kier alpha value is -1.42. The highest BCUT2D eigenvalue weighted by molar-refractivity contribution is 5.77. The largest absolute Gasteiger partial charge is 0.351 e. The molecule has 0 aromatic heterocycles. The molecular formula is C14H19FN2O. The van der Waals surface area contributed by atoms with Crippen LogP contribution < -0.4 is 10.6 Å². The number of hydrogen-bond acceptors (Lipinski definition) is 2. The molecule has 3 nitrogen and oxygen atoms in total. The zero-order chi connectivity index (χ0) is 13.0. The number of hydrogen-bond donors (Lipinski definition) is 2. The first kappa shape index (κ1) is 13.0. The second kappa shape index (κ2) is 5.96. The lowest BCUT2D eigenvalue weighted by molar-refractivity contribution is -0.120. The van der Waals surface area contributed by atoms with Crippen LogP contribution in [0.15, 0.2) is 18.2 Å². The molecule has 2 N–H and O–H groups in total. The monoisotopic (exact) mass is 250 g/mol. The summed E-state index contributed by atoms with van der Waals surface area (Å²) in [5.74, 6) is 0.495. The average molecular weight is 250 g/mol. The minimum Gasteiger partial charge on any atom is -0.351 e. The lowest BCUT2D eigenvalue weighted by atomic mass is 10.1. The van der Waals surface area contributed by atoms with Crippen molar-refractivity contribution in [3.8, 4) is 0 Å². The maximum absolute atomic E-state index is 13.3. The highest BCUT2D eigenvalue weighted by atomic mass is 19.1. The smallest absolute Gasteiger partial charge is 0.234 e.